The quantitative estimate of drug-likeness (QED) is 0.0192. The van der Waals surface area contributed by atoms with Crippen LogP contribution in [0.15, 0.2) is 35.3 Å². The zero-order chi connectivity index (χ0) is 53.1. The largest absolute Gasteiger partial charge is 0.480 e. The van der Waals surface area contributed by atoms with Crippen LogP contribution in [0.3, 0.4) is 0 Å². The van der Waals surface area contributed by atoms with Crippen molar-refractivity contribution in [2.45, 2.75) is 168 Å². The highest BCUT2D eigenvalue weighted by molar-refractivity contribution is 7.80. The lowest BCUT2D eigenvalue weighted by Crippen LogP contribution is -2.60. The lowest BCUT2D eigenvalue weighted by molar-refractivity contribution is -0.142. The Bertz CT molecular complexity index is 1850. The van der Waals surface area contributed by atoms with Gasteiger partial charge >= 0.3 is 5.97 Å². The zero-order valence-corrected chi connectivity index (χ0v) is 43.3. The first-order valence-corrected chi connectivity index (χ1v) is 25.0. The maximum absolute atomic E-state index is 14.2. The molecule has 0 aromatic heterocycles. The van der Waals surface area contributed by atoms with Crippen LogP contribution in [0.4, 0.5) is 0 Å². The third-order valence-corrected chi connectivity index (χ3v) is 11.3. The number of carbonyl (C=O) groups is 8. The minimum atomic E-state index is -1.28. The van der Waals surface area contributed by atoms with E-state index >= 15 is 0 Å². The Morgan fingerprint density at radius 1 is 0.529 bits per heavy atom. The number of carboxylic acids is 1. The molecule has 70 heavy (non-hydrogen) atoms. The van der Waals surface area contributed by atoms with Gasteiger partial charge in [-0.1, -0.05) is 85.7 Å². The molecule has 0 aliphatic heterocycles. The number of hydrogen-bond acceptors (Lipinski definition) is 12. The first kappa shape index (κ1) is 62.5. The van der Waals surface area contributed by atoms with Crippen LogP contribution < -0.4 is 60.2 Å². The summed E-state index contributed by atoms with van der Waals surface area (Å²) in [5.74, 6) is -6.83. The summed E-state index contributed by atoms with van der Waals surface area (Å²) in [6.07, 6.45) is 2.37. The summed E-state index contributed by atoms with van der Waals surface area (Å²) in [4.78, 5) is 113. The molecule has 22 heteroatoms. The van der Waals surface area contributed by atoms with E-state index in [9.17, 15) is 43.5 Å². The van der Waals surface area contributed by atoms with Crippen LogP contribution in [-0.4, -0.2) is 126 Å². The topological polar surface area (TPSA) is 357 Å². The molecule has 8 atom stereocenters. The molecule has 1 aromatic rings. The molecule has 21 nitrogen and oxygen atoms in total. The number of aliphatic carboxylic acids is 1. The molecular formula is C48H84N12O9S. The van der Waals surface area contributed by atoms with Crippen molar-refractivity contribution in [2.75, 3.05) is 18.8 Å². The van der Waals surface area contributed by atoms with Gasteiger partial charge in [-0.2, -0.15) is 12.6 Å². The molecule has 0 fully saturated rings. The lowest BCUT2D eigenvalue weighted by Gasteiger charge is -2.29. The number of guanidine groups is 1. The van der Waals surface area contributed by atoms with Gasteiger partial charge in [0.05, 0.1) is 6.04 Å². The van der Waals surface area contributed by atoms with Gasteiger partial charge < -0.3 is 65.3 Å². The molecule has 0 heterocycles. The third kappa shape index (κ3) is 25.4. The average molecular weight is 1010 g/mol. The van der Waals surface area contributed by atoms with Gasteiger partial charge in [-0.3, -0.25) is 38.6 Å². The van der Waals surface area contributed by atoms with Crippen molar-refractivity contribution in [3.05, 3.63) is 35.9 Å². The Balaban J connectivity index is 3.41. The van der Waals surface area contributed by atoms with Crippen LogP contribution in [0.5, 0.6) is 0 Å². The number of nitrogens with two attached hydrogens (primary N) is 4. The van der Waals surface area contributed by atoms with Crippen molar-refractivity contribution < 1.29 is 43.5 Å². The second kappa shape index (κ2) is 33.2. The van der Waals surface area contributed by atoms with Crippen molar-refractivity contribution in [3.63, 3.8) is 0 Å². The number of amides is 7. The van der Waals surface area contributed by atoms with Gasteiger partial charge in [0.25, 0.3) is 0 Å². The van der Waals surface area contributed by atoms with Gasteiger partial charge in [0.15, 0.2) is 5.96 Å². The number of unbranched alkanes of at least 4 members (excludes halogenated alkanes) is 1. The molecule has 396 valence electrons. The maximum Gasteiger partial charge on any atom is 0.326 e. The van der Waals surface area contributed by atoms with E-state index in [1.807, 2.05) is 71.9 Å². The van der Waals surface area contributed by atoms with Crippen LogP contribution in [0.2, 0.25) is 0 Å². The number of benzene rings is 1. The molecule has 0 saturated heterocycles. The standard InChI is InChI=1S/C48H84N12O9S/c1-27(2)21-35(43(64)55-34(18-14-20-53-48(51)52)42(63)60-39(26-70)46(67)59-38(47(68)69)24-30(7)8)57-45(66)37(23-29(5)6)58-44(65)36(22-28(3)4)56-41(62)33(17-12-13-19-49)54-40(61)32(50)25-31-15-10-9-11-16-31/h9-11,15-16,27-30,32-39,70H,12-14,17-26,49-50H2,1-8H3,(H,54,61)(H,55,64)(H,56,62)(H,57,66)(H,58,65)(H,59,67)(H,60,63)(H,68,69)(H4,51,52,53)/t32-,33-,34-,35-,36-,37-,38-,39-/m0/s1. The number of aliphatic imine (C=N–C) groups is 1. The van der Waals surface area contributed by atoms with Crippen molar-refractivity contribution in [1.29, 1.82) is 0 Å². The molecule has 0 aliphatic carbocycles. The summed E-state index contributed by atoms with van der Waals surface area (Å²) in [7, 11) is 0. The highest BCUT2D eigenvalue weighted by Crippen LogP contribution is 2.14. The number of carbonyl (C=O) groups excluding carboxylic acids is 7. The molecule has 1 rings (SSSR count). The lowest BCUT2D eigenvalue weighted by atomic mass is 9.98. The summed E-state index contributed by atoms with van der Waals surface area (Å²) in [5, 5.41) is 28.6. The molecule has 7 amide bonds. The number of rotatable bonds is 34. The first-order chi connectivity index (χ1) is 32.9. The van der Waals surface area contributed by atoms with Crippen molar-refractivity contribution in [3.8, 4) is 0 Å². The van der Waals surface area contributed by atoms with E-state index in [0.29, 0.717) is 19.4 Å². The Morgan fingerprint density at radius 3 is 1.29 bits per heavy atom. The normalized spacial score (nSPS) is 14.8. The van der Waals surface area contributed by atoms with Crippen molar-refractivity contribution in [1.82, 2.24) is 37.2 Å². The number of hydrogen-bond donors (Lipinski definition) is 13. The zero-order valence-electron chi connectivity index (χ0n) is 42.4. The monoisotopic (exact) mass is 1000 g/mol. The van der Waals surface area contributed by atoms with Crippen molar-refractivity contribution >= 4 is 65.9 Å². The fourth-order valence-electron chi connectivity index (χ4n) is 7.40. The van der Waals surface area contributed by atoms with E-state index in [1.54, 1.807) is 13.8 Å². The Labute approximate surface area is 419 Å². The van der Waals surface area contributed by atoms with Gasteiger partial charge in [-0.15, -0.1) is 0 Å². The van der Waals surface area contributed by atoms with E-state index in [4.69, 9.17) is 22.9 Å². The highest BCUT2D eigenvalue weighted by Gasteiger charge is 2.35. The average Bonchev–Trinajstić information content (AvgIpc) is 3.27. The fraction of sp³-hybridized carbons (Fsp3) is 0.688. The molecule has 0 bridgehead atoms. The van der Waals surface area contributed by atoms with E-state index < -0.39 is 95.7 Å². The van der Waals surface area contributed by atoms with E-state index in [0.717, 1.165) is 5.56 Å². The summed E-state index contributed by atoms with van der Waals surface area (Å²) in [6.45, 7) is 15.2. The summed E-state index contributed by atoms with van der Waals surface area (Å²) in [5.41, 5.74) is 23.8. The van der Waals surface area contributed by atoms with Gasteiger partial charge in [-0.05, 0) is 100.0 Å². The predicted molar refractivity (Wildman–Crippen MR) is 274 cm³/mol. The molecule has 16 N–H and O–H groups in total. The predicted octanol–water partition coefficient (Wildman–Crippen LogP) is 0.331. The Hall–Kier alpha value is -5.48. The van der Waals surface area contributed by atoms with Crippen LogP contribution in [0, 0.1) is 23.7 Å². The minimum absolute atomic E-state index is 0.00422. The van der Waals surface area contributed by atoms with Gasteiger partial charge in [0.2, 0.25) is 41.4 Å². The molecule has 0 aliphatic rings. The summed E-state index contributed by atoms with van der Waals surface area (Å²) >= 11 is 4.22. The highest BCUT2D eigenvalue weighted by atomic mass is 32.1. The van der Waals surface area contributed by atoms with Gasteiger partial charge in [-0.25, -0.2) is 4.79 Å². The van der Waals surface area contributed by atoms with Crippen LogP contribution in [-0.2, 0) is 44.8 Å². The molecule has 0 saturated carbocycles. The van der Waals surface area contributed by atoms with Crippen molar-refractivity contribution in [2.24, 2.45) is 51.6 Å². The smallest absolute Gasteiger partial charge is 0.326 e. The van der Waals surface area contributed by atoms with E-state index in [1.165, 1.54) is 0 Å². The summed E-state index contributed by atoms with van der Waals surface area (Å²) in [6, 6.07) is -0.0365. The van der Waals surface area contributed by atoms with Crippen LogP contribution in [0.25, 0.3) is 0 Å². The minimum Gasteiger partial charge on any atom is -0.480 e. The van der Waals surface area contributed by atoms with Gasteiger partial charge in [0, 0.05) is 12.3 Å². The fourth-order valence-corrected chi connectivity index (χ4v) is 7.66. The van der Waals surface area contributed by atoms with Crippen LogP contribution >= 0.6 is 12.6 Å². The molecule has 1 aromatic carbocycles. The molecule has 0 radical (unpaired) electrons. The Morgan fingerprint density at radius 2 is 0.886 bits per heavy atom. The number of carboxylic acid groups (broad SMARTS) is 1. The van der Waals surface area contributed by atoms with Crippen LogP contribution in [0.1, 0.15) is 119 Å². The Kier molecular flexibility index (Phi) is 29.6. The molecular weight excluding hydrogens is 921 g/mol. The number of thiol groups is 1. The third-order valence-electron chi connectivity index (χ3n) is 11.0. The number of nitrogens with one attached hydrogen (secondary N) is 7. The van der Waals surface area contributed by atoms with E-state index in [2.05, 4.69) is 54.8 Å². The molecule has 0 unspecified atom stereocenters. The summed E-state index contributed by atoms with van der Waals surface area (Å²) < 4.78 is 0. The maximum atomic E-state index is 14.2. The van der Waals surface area contributed by atoms with Gasteiger partial charge in [0.1, 0.15) is 42.3 Å². The first-order valence-electron chi connectivity index (χ1n) is 24.4. The second-order valence-corrected chi connectivity index (χ2v) is 19.9. The SMILES string of the molecule is CC(C)C[C@H](NC(=O)[C@H](CS)NC(=O)[C@H](CCCN=C(N)N)NC(=O)[C@H](CC(C)C)NC(=O)[C@H](CC(C)C)NC(=O)[C@H](CC(C)C)NC(=O)[C@H](CCCCN)NC(=O)[C@@H](N)Cc1ccccc1)C(=O)O. The second-order valence-electron chi connectivity index (χ2n) is 19.5. The molecule has 0 spiro atoms. The number of nitrogens with zero attached hydrogens (tertiary/aromatic N) is 1. The van der Waals surface area contributed by atoms with E-state index in [-0.39, 0.29) is 93.3 Å².